The summed E-state index contributed by atoms with van der Waals surface area (Å²) in [6, 6.07) is 5.82. The molecule has 4 heterocycles. The molecular weight excluding hydrogens is 472 g/mol. The van der Waals surface area contributed by atoms with Gasteiger partial charge in [-0.05, 0) is 19.1 Å². The Morgan fingerprint density at radius 1 is 1.08 bits per heavy atom. The second-order valence-electron chi connectivity index (χ2n) is 8.26. The second kappa shape index (κ2) is 8.99. The van der Waals surface area contributed by atoms with Crippen molar-refractivity contribution in [3.05, 3.63) is 75.5 Å². The van der Waals surface area contributed by atoms with Crippen molar-refractivity contribution in [3.63, 3.8) is 0 Å². The quantitative estimate of drug-likeness (QED) is 0.419. The van der Waals surface area contributed by atoms with Crippen LogP contribution in [0, 0.1) is 11.6 Å². The highest BCUT2D eigenvalue weighted by atomic mass is 19.1. The van der Waals surface area contributed by atoms with Gasteiger partial charge in [0, 0.05) is 53.6 Å². The standard InChI is InChI=1S/C25H23F2N5O4/c1-4-31-21-14(11-29-23-16(21)9-15(30-23)8-13-6-5-7-28-24(13)33)12-32(25(31)34)22-19(26)17(35-2)10-18(36-3)20(22)27/h5-7,9-11H,4,8,12H2,1-3H3,(H,28,33)(H,29,30). The van der Waals surface area contributed by atoms with E-state index in [-0.39, 0.29) is 30.1 Å². The van der Waals surface area contributed by atoms with Crippen molar-refractivity contribution in [1.82, 2.24) is 15.0 Å². The lowest BCUT2D eigenvalue weighted by molar-refractivity contribution is 0.249. The number of halogens is 2. The van der Waals surface area contributed by atoms with E-state index >= 15 is 8.78 Å². The summed E-state index contributed by atoms with van der Waals surface area (Å²) in [6.45, 7) is 1.90. The SMILES string of the molecule is CCN1C(=O)N(c2c(F)c(OC)cc(OC)c2F)Cc2cnc3[nH]c(Cc4ccc[nH]c4=O)cc3c21. The summed E-state index contributed by atoms with van der Waals surface area (Å²) in [5, 5.41) is 0.675. The maximum absolute atomic E-state index is 15.2. The number of benzene rings is 1. The topological polar surface area (TPSA) is 104 Å². The number of aromatic nitrogens is 3. The molecule has 0 bridgehead atoms. The van der Waals surface area contributed by atoms with E-state index in [1.165, 1.54) is 19.1 Å². The van der Waals surface area contributed by atoms with Crippen LogP contribution < -0.4 is 24.8 Å². The summed E-state index contributed by atoms with van der Waals surface area (Å²) >= 11 is 0. The predicted molar refractivity (Wildman–Crippen MR) is 130 cm³/mol. The van der Waals surface area contributed by atoms with Gasteiger partial charge in [0.2, 0.25) is 0 Å². The van der Waals surface area contributed by atoms with Crippen molar-refractivity contribution in [2.75, 3.05) is 30.6 Å². The number of H-pyrrole nitrogens is 2. The molecule has 1 aromatic carbocycles. The molecule has 186 valence electrons. The molecule has 0 fully saturated rings. The summed E-state index contributed by atoms with van der Waals surface area (Å²) in [4.78, 5) is 38.5. The summed E-state index contributed by atoms with van der Waals surface area (Å²) in [6.07, 6.45) is 3.48. The van der Waals surface area contributed by atoms with Crippen molar-refractivity contribution in [2.24, 2.45) is 0 Å². The summed E-state index contributed by atoms with van der Waals surface area (Å²) < 4.78 is 40.5. The second-order valence-corrected chi connectivity index (χ2v) is 8.26. The number of aromatic amines is 2. The van der Waals surface area contributed by atoms with Crippen LogP contribution in [0.5, 0.6) is 11.5 Å². The number of rotatable bonds is 6. The Morgan fingerprint density at radius 2 is 1.81 bits per heavy atom. The number of pyridine rings is 2. The largest absolute Gasteiger partial charge is 0.493 e. The molecule has 4 aromatic rings. The van der Waals surface area contributed by atoms with E-state index in [2.05, 4.69) is 15.0 Å². The molecule has 0 spiro atoms. The maximum atomic E-state index is 15.2. The number of urea groups is 1. The molecular formula is C25H23F2N5O4. The van der Waals surface area contributed by atoms with Gasteiger partial charge in [0.05, 0.1) is 26.5 Å². The van der Waals surface area contributed by atoms with Gasteiger partial charge in [0.1, 0.15) is 11.3 Å². The number of nitrogens with one attached hydrogen (secondary N) is 2. The first-order valence-electron chi connectivity index (χ1n) is 11.2. The Kier molecular flexibility index (Phi) is 5.83. The van der Waals surface area contributed by atoms with Gasteiger partial charge >= 0.3 is 6.03 Å². The third kappa shape index (κ3) is 3.63. The van der Waals surface area contributed by atoms with E-state index in [0.29, 0.717) is 34.3 Å². The maximum Gasteiger partial charge on any atom is 0.329 e. The average Bonchev–Trinajstić information content (AvgIpc) is 3.29. The van der Waals surface area contributed by atoms with Crippen LogP contribution in [-0.2, 0) is 13.0 Å². The molecule has 3 aromatic heterocycles. The highest BCUT2D eigenvalue weighted by molar-refractivity contribution is 6.11. The lowest BCUT2D eigenvalue weighted by atomic mass is 10.1. The summed E-state index contributed by atoms with van der Waals surface area (Å²) in [5.41, 5.74) is 2.31. The van der Waals surface area contributed by atoms with E-state index < -0.39 is 23.4 Å². The fourth-order valence-electron chi connectivity index (χ4n) is 4.54. The number of hydrogen-bond donors (Lipinski definition) is 2. The van der Waals surface area contributed by atoms with Crippen molar-refractivity contribution in [3.8, 4) is 11.5 Å². The van der Waals surface area contributed by atoms with Crippen molar-refractivity contribution in [1.29, 1.82) is 0 Å². The van der Waals surface area contributed by atoms with Gasteiger partial charge < -0.3 is 19.4 Å². The van der Waals surface area contributed by atoms with Gasteiger partial charge in [-0.2, -0.15) is 0 Å². The lowest BCUT2D eigenvalue weighted by Gasteiger charge is -2.37. The number of fused-ring (bicyclic) bond motifs is 3. The van der Waals surface area contributed by atoms with Crippen LogP contribution in [0.1, 0.15) is 23.7 Å². The Hall–Kier alpha value is -4.41. The Morgan fingerprint density at radius 3 is 2.44 bits per heavy atom. The zero-order chi connectivity index (χ0) is 25.6. The minimum atomic E-state index is -1.00. The van der Waals surface area contributed by atoms with Gasteiger partial charge in [-0.3, -0.25) is 14.6 Å². The van der Waals surface area contributed by atoms with E-state index in [9.17, 15) is 9.59 Å². The first-order chi connectivity index (χ1) is 17.4. The normalized spacial score (nSPS) is 13.3. The van der Waals surface area contributed by atoms with E-state index in [0.717, 1.165) is 16.7 Å². The van der Waals surface area contributed by atoms with Crippen molar-refractivity contribution >= 4 is 28.4 Å². The number of methoxy groups -OCH3 is 2. The number of ether oxygens (including phenoxy) is 2. The number of nitrogens with zero attached hydrogens (tertiary/aromatic N) is 3. The molecule has 1 aliphatic rings. The van der Waals surface area contributed by atoms with Gasteiger partial charge in [0.15, 0.2) is 23.1 Å². The monoisotopic (exact) mass is 495 g/mol. The lowest BCUT2D eigenvalue weighted by Crippen LogP contribution is -2.48. The number of anilines is 2. The average molecular weight is 495 g/mol. The molecule has 0 radical (unpaired) electrons. The molecule has 0 saturated carbocycles. The Balaban J connectivity index is 1.61. The van der Waals surface area contributed by atoms with Crippen LogP contribution in [0.15, 0.2) is 41.5 Å². The minimum absolute atomic E-state index is 0.114. The van der Waals surface area contributed by atoms with Crippen LogP contribution >= 0.6 is 0 Å². The molecule has 5 rings (SSSR count). The molecule has 11 heteroatoms. The van der Waals surface area contributed by atoms with Gasteiger partial charge in [0.25, 0.3) is 5.56 Å². The first kappa shape index (κ1) is 23.3. The number of amides is 2. The number of carbonyl (C=O) groups is 1. The van der Waals surface area contributed by atoms with Crippen LogP contribution in [-0.4, -0.2) is 41.7 Å². The minimum Gasteiger partial charge on any atom is -0.493 e. The molecule has 1 aliphatic heterocycles. The van der Waals surface area contributed by atoms with E-state index in [1.807, 2.05) is 6.07 Å². The number of carbonyl (C=O) groups excluding carboxylic acids is 1. The molecule has 0 atom stereocenters. The zero-order valence-corrected chi connectivity index (χ0v) is 19.8. The van der Waals surface area contributed by atoms with Gasteiger partial charge in [-0.15, -0.1) is 0 Å². The molecule has 9 nitrogen and oxygen atoms in total. The predicted octanol–water partition coefficient (Wildman–Crippen LogP) is 4.10. The summed E-state index contributed by atoms with van der Waals surface area (Å²) in [7, 11) is 2.50. The van der Waals surface area contributed by atoms with Gasteiger partial charge in [-0.25, -0.2) is 18.6 Å². The molecule has 2 amide bonds. The smallest absolute Gasteiger partial charge is 0.329 e. The first-order valence-corrected chi connectivity index (χ1v) is 11.2. The third-order valence-corrected chi connectivity index (χ3v) is 6.24. The zero-order valence-electron chi connectivity index (χ0n) is 19.8. The molecule has 36 heavy (non-hydrogen) atoms. The fraction of sp³-hybridized carbons (Fsp3) is 0.240. The number of hydrogen-bond acceptors (Lipinski definition) is 5. The molecule has 2 N–H and O–H groups in total. The van der Waals surface area contributed by atoms with Crippen LogP contribution in [0.3, 0.4) is 0 Å². The van der Waals surface area contributed by atoms with Crippen molar-refractivity contribution in [2.45, 2.75) is 19.9 Å². The highest BCUT2D eigenvalue weighted by Gasteiger charge is 2.37. The molecule has 0 unspecified atom stereocenters. The molecule has 0 saturated heterocycles. The Labute approximate surface area is 204 Å². The van der Waals surface area contributed by atoms with E-state index in [1.54, 1.807) is 31.5 Å². The van der Waals surface area contributed by atoms with E-state index in [4.69, 9.17) is 9.47 Å². The van der Waals surface area contributed by atoms with Crippen LogP contribution in [0.25, 0.3) is 11.0 Å². The summed E-state index contributed by atoms with van der Waals surface area (Å²) in [5.74, 6) is -2.50. The highest BCUT2D eigenvalue weighted by Crippen LogP contribution is 2.42. The fourth-order valence-corrected chi connectivity index (χ4v) is 4.54. The Bertz CT molecular complexity index is 1520. The van der Waals surface area contributed by atoms with Crippen molar-refractivity contribution < 1.29 is 23.0 Å². The van der Waals surface area contributed by atoms with Gasteiger partial charge in [-0.1, -0.05) is 6.07 Å². The third-order valence-electron chi connectivity index (χ3n) is 6.24. The van der Waals surface area contributed by atoms with Crippen LogP contribution in [0.4, 0.5) is 25.0 Å². The van der Waals surface area contributed by atoms with Crippen LogP contribution in [0.2, 0.25) is 0 Å². The molecule has 0 aliphatic carbocycles.